The third-order valence-electron chi connectivity index (χ3n) is 5.71. The van der Waals surface area contributed by atoms with Crippen LogP contribution >= 0.6 is 27.5 Å². The molecule has 0 bridgehead atoms. The van der Waals surface area contributed by atoms with Gasteiger partial charge in [-0.2, -0.15) is 5.10 Å². The SMILES string of the molecule is CC(C)(C)OC(=O)Nc1cc(Cl)ccc1CC1CCN(c2cc(Br)nn2COCC[Si](C)(C)C)C1=O. The van der Waals surface area contributed by atoms with Crippen LogP contribution in [0.25, 0.3) is 0 Å². The summed E-state index contributed by atoms with van der Waals surface area (Å²) in [5.74, 6) is 0.495. The molecule has 1 aromatic heterocycles. The van der Waals surface area contributed by atoms with Crippen molar-refractivity contribution in [3.8, 4) is 0 Å². The van der Waals surface area contributed by atoms with Gasteiger partial charge in [0.25, 0.3) is 0 Å². The molecule has 36 heavy (non-hydrogen) atoms. The molecule has 0 spiro atoms. The quantitative estimate of drug-likeness (QED) is 0.261. The maximum atomic E-state index is 13.4. The highest BCUT2D eigenvalue weighted by Gasteiger charge is 2.35. The van der Waals surface area contributed by atoms with Gasteiger partial charge in [0.1, 0.15) is 22.8 Å². The third-order valence-corrected chi connectivity index (χ3v) is 8.03. The molecule has 0 aliphatic carbocycles. The number of carbonyl (C=O) groups excluding carboxylic acids is 2. The van der Waals surface area contributed by atoms with Crippen molar-refractivity contribution in [2.45, 2.75) is 71.6 Å². The highest BCUT2D eigenvalue weighted by atomic mass is 79.9. The molecule has 1 N–H and O–H groups in total. The maximum Gasteiger partial charge on any atom is 0.412 e. The number of carbonyl (C=O) groups is 2. The van der Waals surface area contributed by atoms with Gasteiger partial charge in [0.2, 0.25) is 5.91 Å². The molecule has 1 aromatic carbocycles. The number of aromatic nitrogens is 2. The molecule has 1 atom stereocenters. The first-order valence-electron chi connectivity index (χ1n) is 12.1. The fraction of sp³-hybridized carbons (Fsp3) is 0.560. The second-order valence-corrected chi connectivity index (χ2v) is 18.2. The molecule has 198 valence electrons. The van der Waals surface area contributed by atoms with Crippen molar-refractivity contribution in [3.63, 3.8) is 0 Å². The molecule has 8 nitrogen and oxygen atoms in total. The van der Waals surface area contributed by atoms with Gasteiger partial charge in [-0.05, 0) is 73.3 Å². The second-order valence-electron chi connectivity index (χ2n) is 11.3. The van der Waals surface area contributed by atoms with E-state index in [1.165, 1.54) is 0 Å². The van der Waals surface area contributed by atoms with E-state index < -0.39 is 19.8 Å². The molecule has 0 saturated carbocycles. The lowest BCUT2D eigenvalue weighted by molar-refractivity contribution is -0.120. The summed E-state index contributed by atoms with van der Waals surface area (Å²) in [6.45, 7) is 13.9. The predicted molar refractivity (Wildman–Crippen MR) is 150 cm³/mol. The molecule has 0 radical (unpaired) electrons. The Balaban J connectivity index is 1.69. The minimum absolute atomic E-state index is 0.0175. The summed E-state index contributed by atoms with van der Waals surface area (Å²) in [5, 5.41) is 7.75. The van der Waals surface area contributed by atoms with Gasteiger partial charge in [-0.1, -0.05) is 37.3 Å². The van der Waals surface area contributed by atoms with Gasteiger partial charge in [-0.3, -0.25) is 15.0 Å². The van der Waals surface area contributed by atoms with Crippen LogP contribution in [0.2, 0.25) is 30.7 Å². The topological polar surface area (TPSA) is 85.7 Å². The monoisotopic (exact) mass is 598 g/mol. The van der Waals surface area contributed by atoms with E-state index in [0.717, 1.165) is 11.6 Å². The summed E-state index contributed by atoms with van der Waals surface area (Å²) >= 11 is 9.62. The van der Waals surface area contributed by atoms with Gasteiger partial charge in [0, 0.05) is 43.9 Å². The number of hydrogen-bond donors (Lipinski definition) is 1. The van der Waals surface area contributed by atoms with E-state index in [9.17, 15) is 9.59 Å². The van der Waals surface area contributed by atoms with Crippen molar-refractivity contribution in [2.24, 2.45) is 5.92 Å². The summed E-state index contributed by atoms with van der Waals surface area (Å²) in [4.78, 5) is 27.5. The first-order chi connectivity index (χ1) is 16.7. The molecule has 1 fully saturated rings. The minimum atomic E-state index is -1.19. The average molecular weight is 600 g/mol. The highest BCUT2D eigenvalue weighted by molar-refractivity contribution is 9.10. The van der Waals surface area contributed by atoms with Crippen LogP contribution in [0.3, 0.4) is 0 Å². The molecular formula is C25H36BrClN4O4Si. The number of amides is 2. The molecule has 11 heteroatoms. The van der Waals surface area contributed by atoms with Gasteiger partial charge in [0.15, 0.2) is 0 Å². The Kier molecular flexibility index (Phi) is 9.29. The Bertz CT molecular complexity index is 1100. The molecule has 1 saturated heterocycles. The second kappa shape index (κ2) is 11.7. The largest absolute Gasteiger partial charge is 0.444 e. The van der Waals surface area contributed by atoms with E-state index in [0.29, 0.717) is 53.9 Å². The van der Waals surface area contributed by atoms with Crippen molar-refractivity contribution < 1.29 is 19.1 Å². The van der Waals surface area contributed by atoms with Crippen LogP contribution in [0.4, 0.5) is 16.3 Å². The number of nitrogens with zero attached hydrogens (tertiary/aromatic N) is 3. The number of benzene rings is 1. The number of hydrogen-bond acceptors (Lipinski definition) is 5. The van der Waals surface area contributed by atoms with Crippen LogP contribution in [0.5, 0.6) is 0 Å². The van der Waals surface area contributed by atoms with Crippen molar-refractivity contribution >= 4 is 59.1 Å². The van der Waals surface area contributed by atoms with Crippen LogP contribution in [0.15, 0.2) is 28.9 Å². The minimum Gasteiger partial charge on any atom is -0.444 e. The van der Waals surface area contributed by atoms with Crippen LogP contribution in [-0.2, 0) is 27.4 Å². The van der Waals surface area contributed by atoms with Gasteiger partial charge in [0.05, 0.1) is 0 Å². The molecular weight excluding hydrogens is 564 g/mol. The normalized spacial score (nSPS) is 16.5. The van der Waals surface area contributed by atoms with Crippen LogP contribution in [0, 0.1) is 5.92 Å². The van der Waals surface area contributed by atoms with Gasteiger partial charge >= 0.3 is 6.09 Å². The fourth-order valence-electron chi connectivity index (χ4n) is 3.90. The van der Waals surface area contributed by atoms with Crippen molar-refractivity contribution in [1.29, 1.82) is 0 Å². The number of rotatable bonds is 9. The third kappa shape index (κ3) is 8.33. The summed E-state index contributed by atoms with van der Waals surface area (Å²) in [6.07, 6.45) is 0.597. The van der Waals surface area contributed by atoms with E-state index in [4.69, 9.17) is 21.1 Å². The number of halogens is 2. The Morgan fingerprint density at radius 1 is 1.28 bits per heavy atom. The van der Waals surface area contributed by atoms with Crippen LogP contribution < -0.4 is 10.2 Å². The maximum absolute atomic E-state index is 13.4. The lowest BCUT2D eigenvalue weighted by Crippen LogP contribution is -2.30. The molecule has 1 aliphatic heterocycles. The predicted octanol–water partition coefficient (Wildman–Crippen LogP) is 6.55. The van der Waals surface area contributed by atoms with Gasteiger partial charge in [-0.25, -0.2) is 9.48 Å². The molecule has 1 aliphatic rings. The lowest BCUT2D eigenvalue weighted by atomic mass is 9.97. The molecule has 1 unspecified atom stereocenters. The van der Waals surface area contributed by atoms with Gasteiger partial charge in [-0.15, -0.1) is 0 Å². The number of ether oxygens (including phenoxy) is 2. The average Bonchev–Trinajstić information content (AvgIpc) is 3.27. The summed E-state index contributed by atoms with van der Waals surface area (Å²) in [5.41, 5.74) is 0.752. The summed E-state index contributed by atoms with van der Waals surface area (Å²) in [7, 11) is -1.19. The molecule has 2 amide bonds. The Morgan fingerprint density at radius 3 is 2.67 bits per heavy atom. The summed E-state index contributed by atoms with van der Waals surface area (Å²) < 4.78 is 13.6. The number of anilines is 2. The van der Waals surface area contributed by atoms with E-state index in [-0.39, 0.29) is 11.8 Å². The lowest BCUT2D eigenvalue weighted by Gasteiger charge is -2.21. The standard InChI is InChI=1S/C25H36BrClN4O4Si/c1-25(2,3)35-24(33)28-20-14-19(27)8-7-17(20)13-18-9-10-30(23(18)32)22-15-21(26)29-31(22)16-34-11-12-36(4,5)6/h7-8,14-15,18H,9-13,16H2,1-6H3,(H,28,33). The van der Waals surface area contributed by atoms with Gasteiger partial charge < -0.3 is 9.47 Å². The van der Waals surface area contributed by atoms with E-state index >= 15 is 0 Å². The fourth-order valence-corrected chi connectivity index (χ4v) is 5.22. The number of nitrogens with one attached hydrogen (secondary N) is 1. The zero-order valence-electron chi connectivity index (χ0n) is 21.9. The molecule has 2 heterocycles. The van der Waals surface area contributed by atoms with E-state index in [1.807, 2.05) is 12.1 Å². The summed E-state index contributed by atoms with van der Waals surface area (Å²) in [6, 6.07) is 8.20. The highest BCUT2D eigenvalue weighted by Crippen LogP contribution is 2.32. The van der Waals surface area contributed by atoms with Crippen molar-refractivity contribution in [2.75, 3.05) is 23.4 Å². The zero-order valence-corrected chi connectivity index (χ0v) is 25.2. The Labute approximate surface area is 227 Å². The first-order valence-corrected chi connectivity index (χ1v) is 17.0. The Morgan fingerprint density at radius 2 is 2.00 bits per heavy atom. The van der Waals surface area contributed by atoms with Crippen LogP contribution in [-0.4, -0.2) is 48.6 Å². The van der Waals surface area contributed by atoms with Crippen molar-refractivity contribution in [3.05, 3.63) is 39.5 Å². The van der Waals surface area contributed by atoms with Crippen LogP contribution in [0.1, 0.15) is 32.8 Å². The van der Waals surface area contributed by atoms with Crippen molar-refractivity contribution in [1.82, 2.24) is 9.78 Å². The first kappa shape index (κ1) is 28.7. The Hall–Kier alpha value is -1.88. The zero-order chi connectivity index (χ0) is 26.7. The molecule has 3 rings (SSSR count). The molecule has 2 aromatic rings. The smallest absolute Gasteiger partial charge is 0.412 e. The van der Waals surface area contributed by atoms with E-state index in [1.54, 1.807) is 42.5 Å². The van der Waals surface area contributed by atoms with E-state index in [2.05, 4.69) is 46.0 Å².